The van der Waals surface area contributed by atoms with Crippen molar-refractivity contribution >= 4 is 5.91 Å². The van der Waals surface area contributed by atoms with Gasteiger partial charge in [0.1, 0.15) is 5.75 Å². The standard InChI is InChI=1S/C14H17NO2/c1-3-4-5-10-14(16)15-11-12-8-6-7-9-13(12)17-2/h3-10H,11H2,1-2H3,(H,15,16)/b4-3+,10-5+. The number of amides is 1. The molecule has 0 spiro atoms. The largest absolute Gasteiger partial charge is 0.496 e. The van der Waals surface area contributed by atoms with Crippen LogP contribution in [0.3, 0.4) is 0 Å². The second kappa shape index (κ2) is 7.28. The molecule has 0 aromatic heterocycles. The van der Waals surface area contributed by atoms with Crippen LogP contribution in [0.1, 0.15) is 12.5 Å². The van der Waals surface area contributed by atoms with Crippen LogP contribution in [0.5, 0.6) is 5.75 Å². The summed E-state index contributed by atoms with van der Waals surface area (Å²) in [5.41, 5.74) is 0.961. The molecule has 0 radical (unpaired) electrons. The Morgan fingerprint density at radius 2 is 2.12 bits per heavy atom. The lowest BCUT2D eigenvalue weighted by Gasteiger charge is -2.07. The molecule has 0 saturated carbocycles. The molecule has 0 aliphatic heterocycles. The lowest BCUT2D eigenvalue weighted by molar-refractivity contribution is -0.116. The van der Waals surface area contributed by atoms with Crippen molar-refractivity contribution in [2.24, 2.45) is 0 Å². The van der Waals surface area contributed by atoms with E-state index in [0.717, 1.165) is 11.3 Å². The van der Waals surface area contributed by atoms with E-state index in [1.807, 2.05) is 43.3 Å². The molecular weight excluding hydrogens is 214 g/mol. The minimum absolute atomic E-state index is 0.117. The predicted octanol–water partition coefficient (Wildman–Crippen LogP) is 2.44. The van der Waals surface area contributed by atoms with E-state index in [4.69, 9.17) is 4.74 Å². The van der Waals surface area contributed by atoms with Gasteiger partial charge in [0.15, 0.2) is 0 Å². The van der Waals surface area contributed by atoms with Gasteiger partial charge in [-0.15, -0.1) is 0 Å². The molecule has 1 N–H and O–H groups in total. The van der Waals surface area contributed by atoms with Gasteiger partial charge in [-0.1, -0.05) is 36.4 Å². The van der Waals surface area contributed by atoms with Crippen LogP contribution in [0.2, 0.25) is 0 Å². The predicted molar refractivity (Wildman–Crippen MR) is 68.8 cm³/mol. The van der Waals surface area contributed by atoms with Gasteiger partial charge in [-0.3, -0.25) is 4.79 Å². The molecule has 17 heavy (non-hydrogen) atoms. The number of hydrogen-bond donors (Lipinski definition) is 1. The van der Waals surface area contributed by atoms with Crippen LogP contribution in [0.25, 0.3) is 0 Å². The highest BCUT2D eigenvalue weighted by Gasteiger charge is 2.02. The van der Waals surface area contributed by atoms with E-state index >= 15 is 0 Å². The van der Waals surface area contributed by atoms with Crippen LogP contribution in [0.15, 0.2) is 48.6 Å². The highest BCUT2D eigenvalue weighted by atomic mass is 16.5. The normalized spacial score (nSPS) is 10.9. The minimum Gasteiger partial charge on any atom is -0.496 e. The number of hydrogen-bond acceptors (Lipinski definition) is 2. The fraction of sp³-hybridized carbons (Fsp3) is 0.214. The average Bonchev–Trinajstić information content (AvgIpc) is 2.37. The van der Waals surface area contributed by atoms with Crippen LogP contribution in [-0.4, -0.2) is 13.0 Å². The monoisotopic (exact) mass is 231 g/mol. The Labute approximate surface area is 102 Å². The van der Waals surface area contributed by atoms with Crippen molar-refractivity contribution < 1.29 is 9.53 Å². The number of carbonyl (C=O) groups is 1. The van der Waals surface area contributed by atoms with Crippen LogP contribution in [-0.2, 0) is 11.3 Å². The second-order valence-electron chi connectivity index (χ2n) is 3.41. The van der Waals surface area contributed by atoms with Crippen molar-refractivity contribution in [3.8, 4) is 5.75 Å². The van der Waals surface area contributed by atoms with Gasteiger partial charge in [0.25, 0.3) is 0 Å². The van der Waals surface area contributed by atoms with Crippen molar-refractivity contribution in [2.75, 3.05) is 7.11 Å². The van der Waals surface area contributed by atoms with Gasteiger partial charge >= 0.3 is 0 Å². The maximum Gasteiger partial charge on any atom is 0.244 e. The van der Waals surface area contributed by atoms with Crippen molar-refractivity contribution in [1.29, 1.82) is 0 Å². The lowest BCUT2D eigenvalue weighted by atomic mass is 10.2. The number of para-hydroxylation sites is 1. The molecule has 0 bridgehead atoms. The molecule has 1 aromatic carbocycles. The van der Waals surface area contributed by atoms with Crippen molar-refractivity contribution in [1.82, 2.24) is 5.32 Å². The number of nitrogens with one attached hydrogen (secondary N) is 1. The Morgan fingerprint density at radius 1 is 1.35 bits per heavy atom. The molecule has 0 fully saturated rings. The summed E-state index contributed by atoms with van der Waals surface area (Å²) in [5, 5.41) is 2.79. The Bertz CT molecular complexity index is 422. The molecule has 0 heterocycles. The lowest BCUT2D eigenvalue weighted by Crippen LogP contribution is -2.20. The van der Waals surface area contributed by atoms with E-state index in [1.165, 1.54) is 6.08 Å². The van der Waals surface area contributed by atoms with Gasteiger partial charge in [0.2, 0.25) is 5.91 Å². The molecule has 0 unspecified atom stereocenters. The third-order valence-electron chi connectivity index (χ3n) is 2.20. The molecule has 1 amide bonds. The van der Waals surface area contributed by atoms with E-state index < -0.39 is 0 Å². The molecule has 3 nitrogen and oxygen atoms in total. The summed E-state index contributed by atoms with van der Waals surface area (Å²) >= 11 is 0. The number of ether oxygens (including phenoxy) is 1. The molecule has 0 atom stereocenters. The van der Waals surface area contributed by atoms with Gasteiger partial charge < -0.3 is 10.1 Å². The number of carbonyl (C=O) groups excluding carboxylic acids is 1. The average molecular weight is 231 g/mol. The van der Waals surface area contributed by atoms with E-state index in [1.54, 1.807) is 13.2 Å². The van der Waals surface area contributed by atoms with Crippen molar-refractivity contribution in [3.63, 3.8) is 0 Å². The summed E-state index contributed by atoms with van der Waals surface area (Å²) in [6.45, 7) is 2.36. The first-order chi connectivity index (χ1) is 8.27. The number of allylic oxidation sites excluding steroid dienone is 3. The van der Waals surface area contributed by atoms with Gasteiger partial charge in [0, 0.05) is 18.2 Å². The van der Waals surface area contributed by atoms with Gasteiger partial charge in [-0.2, -0.15) is 0 Å². The van der Waals surface area contributed by atoms with E-state index in [0.29, 0.717) is 6.54 Å². The van der Waals surface area contributed by atoms with E-state index in [2.05, 4.69) is 5.32 Å². The Balaban J connectivity index is 2.52. The van der Waals surface area contributed by atoms with E-state index in [-0.39, 0.29) is 5.91 Å². The third-order valence-corrected chi connectivity index (χ3v) is 2.20. The highest BCUT2D eigenvalue weighted by Crippen LogP contribution is 2.16. The summed E-state index contributed by atoms with van der Waals surface area (Å²) in [5.74, 6) is 0.666. The molecule has 3 heteroatoms. The molecular formula is C14H17NO2. The van der Waals surface area contributed by atoms with Crippen LogP contribution in [0.4, 0.5) is 0 Å². The molecule has 0 aliphatic carbocycles. The third kappa shape index (κ3) is 4.55. The summed E-state index contributed by atoms with van der Waals surface area (Å²) in [4.78, 5) is 11.4. The Morgan fingerprint density at radius 3 is 2.82 bits per heavy atom. The maximum atomic E-state index is 11.4. The Kier molecular flexibility index (Phi) is 5.58. The van der Waals surface area contributed by atoms with Gasteiger partial charge in [-0.25, -0.2) is 0 Å². The fourth-order valence-electron chi connectivity index (χ4n) is 1.34. The number of rotatable bonds is 5. The Hall–Kier alpha value is -2.03. The SMILES string of the molecule is C/C=C/C=C/C(=O)NCc1ccccc1OC. The number of methoxy groups -OCH3 is 1. The molecule has 1 rings (SSSR count). The molecule has 1 aromatic rings. The first kappa shape index (κ1) is 13.0. The highest BCUT2D eigenvalue weighted by molar-refractivity contribution is 5.87. The molecule has 0 saturated heterocycles. The fourth-order valence-corrected chi connectivity index (χ4v) is 1.34. The van der Waals surface area contributed by atoms with Crippen molar-refractivity contribution in [3.05, 3.63) is 54.1 Å². The first-order valence-corrected chi connectivity index (χ1v) is 5.47. The van der Waals surface area contributed by atoms with Gasteiger partial charge in [-0.05, 0) is 13.0 Å². The summed E-state index contributed by atoms with van der Waals surface area (Å²) < 4.78 is 5.20. The van der Waals surface area contributed by atoms with Crippen LogP contribution >= 0.6 is 0 Å². The van der Waals surface area contributed by atoms with Crippen LogP contribution < -0.4 is 10.1 Å². The number of benzene rings is 1. The molecule has 0 aliphatic rings. The van der Waals surface area contributed by atoms with E-state index in [9.17, 15) is 4.79 Å². The summed E-state index contributed by atoms with van der Waals surface area (Å²) in [6, 6.07) is 7.61. The summed E-state index contributed by atoms with van der Waals surface area (Å²) in [7, 11) is 1.62. The van der Waals surface area contributed by atoms with Crippen molar-refractivity contribution in [2.45, 2.75) is 13.5 Å². The molecule has 90 valence electrons. The zero-order valence-corrected chi connectivity index (χ0v) is 10.1. The van der Waals surface area contributed by atoms with Gasteiger partial charge in [0.05, 0.1) is 7.11 Å². The van der Waals surface area contributed by atoms with Crippen LogP contribution in [0, 0.1) is 0 Å². The zero-order chi connectivity index (χ0) is 12.5. The summed E-state index contributed by atoms with van der Waals surface area (Å²) in [6.07, 6.45) is 6.87. The minimum atomic E-state index is -0.117. The zero-order valence-electron chi connectivity index (χ0n) is 10.1. The second-order valence-corrected chi connectivity index (χ2v) is 3.41. The first-order valence-electron chi connectivity index (χ1n) is 5.47. The quantitative estimate of drug-likeness (QED) is 0.624. The topological polar surface area (TPSA) is 38.3 Å². The smallest absolute Gasteiger partial charge is 0.244 e. The maximum absolute atomic E-state index is 11.4.